The van der Waals surface area contributed by atoms with Gasteiger partial charge in [-0.15, -0.1) is 0 Å². The highest BCUT2D eigenvalue weighted by Gasteiger charge is 2.28. The van der Waals surface area contributed by atoms with Crippen LogP contribution in [0.3, 0.4) is 0 Å². The number of aryl methyl sites for hydroxylation is 1. The first-order chi connectivity index (χ1) is 16.1. The van der Waals surface area contributed by atoms with Gasteiger partial charge in [-0.05, 0) is 67.8 Å². The Morgan fingerprint density at radius 1 is 0.971 bits per heavy atom. The van der Waals surface area contributed by atoms with Crippen LogP contribution in [-0.4, -0.2) is 38.5 Å². The molecule has 9 heteroatoms. The largest absolute Gasteiger partial charge is 0.478 e. The number of halogens is 1. The fourth-order valence-corrected chi connectivity index (χ4v) is 5.00. The molecular weight excluding hydrogens is 476 g/mol. The molecule has 34 heavy (non-hydrogen) atoms. The second-order valence-corrected chi connectivity index (χ2v) is 10.1. The van der Waals surface area contributed by atoms with Crippen molar-refractivity contribution in [1.82, 2.24) is 5.32 Å². The molecule has 3 aromatic carbocycles. The van der Waals surface area contributed by atoms with Gasteiger partial charge in [0.15, 0.2) is 0 Å². The van der Waals surface area contributed by atoms with Gasteiger partial charge in [-0.2, -0.15) is 0 Å². The van der Waals surface area contributed by atoms with Gasteiger partial charge in [-0.3, -0.25) is 9.10 Å². The van der Waals surface area contributed by atoms with Crippen LogP contribution >= 0.6 is 11.6 Å². The number of sulfonamides is 1. The van der Waals surface area contributed by atoms with E-state index in [-0.39, 0.29) is 17.0 Å². The minimum atomic E-state index is -4.04. The number of anilines is 1. The first-order valence-corrected chi connectivity index (χ1v) is 12.3. The number of rotatable bonds is 9. The minimum absolute atomic E-state index is 0.0730. The fraction of sp³-hybridized carbons (Fsp3) is 0.200. The zero-order chi connectivity index (χ0) is 24.9. The van der Waals surface area contributed by atoms with E-state index in [1.54, 1.807) is 49.4 Å². The van der Waals surface area contributed by atoms with Gasteiger partial charge in [-0.1, -0.05) is 47.5 Å². The zero-order valence-corrected chi connectivity index (χ0v) is 20.4. The molecule has 0 spiro atoms. The van der Waals surface area contributed by atoms with Crippen molar-refractivity contribution in [3.8, 4) is 0 Å². The van der Waals surface area contributed by atoms with Crippen molar-refractivity contribution in [1.29, 1.82) is 0 Å². The fourth-order valence-electron chi connectivity index (χ4n) is 3.35. The number of nitrogens with one attached hydrogen (secondary N) is 1. The lowest BCUT2D eigenvalue weighted by molar-refractivity contribution is -0.119. The van der Waals surface area contributed by atoms with Crippen molar-refractivity contribution in [2.75, 3.05) is 17.4 Å². The molecule has 0 aromatic heterocycles. The molecule has 178 valence electrons. The van der Waals surface area contributed by atoms with Crippen LogP contribution in [0.25, 0.3) is 0 Å². The number of amides is 1. The smallest absolute Gasteiger partial charge is 0.335 e. The van der Waals surface area contributed by atoms with Crippen LogP contribution < -0.4 is 9.62 Å². The molecule has 0 saturated heterocycles. The molecule has 3 aromatic rings. The second-order valence-electron chi connectivity index (χ2n) is 7.81. The lowest BCUT2D eigenvalue weighted by Gasteiger charge is -2.26. The van der Waals surface area contributed by atoms with E-state index in [0.29, 0.717) is 22.7 Å². The predicted molar refractivity (Wildman–Crippen MR) is 132 cm³/mol. The van der Waals surface area contributed by atoms with Crippen LogP contribution in [-0.2, 0) is 21.2 Å². The third-order valence-electron chi connectivity index (χ3n) is 5.34. The number of nitrogens with zero attached hydrogens (tertiary/aromatic N) is 1. The molecule has 0 aliphatic carbocycles. The SMILES string of the molecule is Cc1ccc(S(=O)(=O)N(CC(=O)NCCc2ccc(C(=O)O)cc2)c2cccc(Cl)c2C)cc1. The van der Waals surface area contributed by atoms with Crippen molar-refractivity contribution in [2.45, 2.75) is 25.2 Å². The summed E-state index contributed by atoms with van der Waals surface area (Å²) in [5, 5.41) is 12.1. The van der Waals surface area contributed by atoms with Crippen LogP contribution in [0.4, 0.5) is 5.69 Å². The Hall–Kier alpha value is -3.36. The lowest BCUT2D eigenvalue weighted by atomic mass is 10.1. The maximum Gasteiger partial charge on any atom is 0.335 e. The van der Waals surface area contributed by atoms with E-state index in [0.717, 1.165) is 15.4 Å². The summed E-state index contributed by atoms with van der Waals surface area (Å²) in [6.45, 7) is 3.40. The highest BCUT2D eigenvalue weighted by atomic mass is 35.5. The molecule has 0 aliphatic rings. The molecule has 0 atom stereocenters. The molecule has 3 rings (SSSR count). The second kappa shape index (κ2) is 10.7. The van der Waals surface area contributed by atoms with E-state index in [1.165, 1.54) is 24.3 Å². The molecule has 0 bridgehead atoms. The van der Waals surface area contributed by atoms with Crippen LogP contribution in [0, 0.1) is 13.8 Å². The maximum atomic E-state index is 13.5. The van der Waals surface area contributed by atoms with Crippen molar-refractivity contribution in [2.24, 2.45) is 0 Å². The molecule has 0 aliphatic heterocycles. The summed E-state index contributed by atoms with van der Waals surface area (Å²) in [6.07, 6.45) is 0.465. The Balaban J connectivity index is 1.78. The van der Waals surface area contributed by atoms with Gasteiger partial charge in [0.2, 0.25) is 5.91 Å². The standard InChI is InChI=1S/C25H25ClN2O5S/c1-17-6-12-21(13-7-17)34(32,33)28(23-5-3-4-22(26)18(23)2)16-24(29)27-15-14-19-8-10-20(11-9-19)25(30)31/h3-13H,14-16H2,1-2H3,(H,27,29)(H,30,31). The number of carbonyl (C=O) groups excluding carboxylic acids is 1. The van der Waals surface area contributed by atoms with Crippen LogP contribution in [0.5, 0.6) is 0 Å². The molecule has 0 fully saturated rings. The lowest BCUT2D eigenvalue weighted by Crippen LogP contribution is -2.41. The number of aromatic carboxylic acids is 1. The van der Waals surface area contributed by atoms with Gasteiger partial charge in [0.25, 0.3) is 10.0 Å². The Bertz CT molecular complexity index is 1290. The molecule has 0 heterocycles. The van der Waals surface area contributed by atoms with E-state index in [2.05, 4.69) is 5.32 Å². The zero-order valence-electron chi connectivity index (χ0n) is 18.8. The number of carbonyl (C=O) groups is 2. The number of hydrogen-bond acceptors (Lipinski definition) is 4. The number of carboxylic acid groups (broad SMARTS) is 1. The quantitative estimate of drug-likeness (QED) is 0.458. The van der Waals surface area contributed by atoms with E-state index in [4.69, 9.17) is 16.7 Å². The third kappa shape index (κ3) is 5.95. The van der Waals surface area contributed by atoms with Crippen LogP contribution in [0.15, 0.2) is 71.6 Å². The van der Waals surface area contributed by atoms with E-state index >= 15 is 0 Å². The van der Waals surface area contributed by atoms with Crippen molar-refractivity contribution in [3.63, 3.8) is 0 Å². The minimum Gasteiger partial charge on any atom is -0.478 e. The average molecular weight is 501 g/mol. The normalized spacial score (nSPS) is 11.1. The average Bonchev–Trinajstić information content (AvgIpc) is 2.80. The summed E-state index contributed by atoms with van der Waals surface area (Å²) in [6, 6.07) is 17.7. The summed E-state index contributed by atoms with van der Waals surface area (Å²) in [7, 11) is -4.04. The van der Waals surface area contributed by atoms with Gasteiger partial charge in [0.1, 0.15) is 6.54 Å². The summed E-state index contributed by atoms with van der Waals surface area (Å²) in [5.74, 6) is -1.48. The Kier molecular flexibility index (Phi) is 7.96. The number of carboxylic acids is 1. The van der Waals surface area contributed by atoms with Gasteiger partial charge in [-0.25, -0.2) is 13.2 Å². The summed E-state index contributed by atoms with van der Waals surface area (Å²) in [4.78, 5) is 23.8. The molecule has 0 saturated carbocycles. The van der Waals surface area contributed by atoms with Gasteiger partial charge in [0.05, 0.1) is 16.1 Å². The van der Waals surface area contributed by atoms with Gasteiger partial charge < -0.3 is 10.4 Å². The first kappa shape index (κ1) is 25.3. The topological polar surface area (TPSA) is 104 Å². The molecule has 7 nitrogen and oxygen atoms in total. The Morgan fingerprint density at radius 2 is 1.62 bits per heavy atom. The molecular formula is C25H25ClN2O5S. The summed E-state index contributed by atoms with van der Waals surface area (Å²) >= 11 is 6.23. The third-order valence-corrected chi connectivity index (χ3v) is 7.52. The molecule has 0 unspecified atom stereocenters. The maximum absolute atomic E-state index is 13.5. The molecule has 1 amide bonds. The highest BCUT2D eigenvalue weighted by molar-refractivity contribution is 7.92. The van der Waals surface area contributed by atoms with Gasteiger partial charge in [0, 0.05) is 11.6 Å². The summed E-state index contributed by atoms with van der Waals surface area (Å²) in [5.41, 5.74) is 2.82. The number of hydrogen-bond donors (Lipinski definition) is 2. The Morgan fingerprint density at radius 3 is 2.24 bits per heavy atom. The van der Waals surface area contributed by atoms with Crippen molar-refractivity contribution >= 4 is 39.2 Å². The molecule has 0 radical (unpaired) electrons. The van der Waals surface area contributed by atoms with E-state index < -0.39 is 28.4 Å². The van der Waals surface area contributed by atoms with E-state index in [9.17, 15) is 18.0 Å². The van der Waals surface area contributed by atoms with Crippen molar-refractivity contribution in [3.05, 3.63) is 94.0 Å². The van der Waals surface area contributed by atoms with Crippen molar-refractivity contribution < 1.29 is 23.1 Å². The Labute approximate surface area is 204 Å². The van der Waals surface area contributed by atoms with Crippen LogP contribution in [0.2, 0.25) is 5.02 Å². The summed E-state index contributed by atoms with van der Waals surface area (Å²) < 4.78 is 28.0. The predicted octanol–water partition coefficient (Wildman–Crippen LogP) is 4.21. The van der Waals surface area contributed by atoms with E-state index in [1.807, 2.05) is 6.92 Å². The molecule has 2 N–H and O–H groups in total. The van der Waals surface area contributed by atoms with Gasteiger partial charge >= 0.3 is 5.97 Å². The first-order valence-electron chi connectivity index (χ1n) is 10.5. The monoisotopic (exact) mass is 500 g/mol. The van der Waals surface area contributed by atoms with Crippen LogP contribution in [0.1, 0.15) is 27.0 Å². The number of benzene rings is 3. The highest BCUT2D eigenvalue weighted by Crippen LogP contribution is 2.30.